The Labute approximate surface area is 227 Å². The fourth-order valence-corrected chi connectivity index (χ4v) is 7.35. The molecule has 11 heteroatoms. The number of hydrogen-bond donors (Lipinski definition) is 1. The molecule has 1 atom stereocenters. The van der Waals surface area contributed by atoms with E-state index in [1.54, 1.807) is 22.6 Å². The summed E-state index contributed by atoms with van der Waals surface area (Å²) in [6, 6.07) is 11.4. The van der Waals surface area contributed by atoms with Crippen molar-refractivity contribution in [3.05, 3.63) is 60.0 Å². The fourth-order valence-electron chi connectivity index (χ4n) is 5.49. The molecule has 3 aromatic heterocycles. The van der Waals surface area contributed by atoms with Crippen LogP contribution in [0.25, 0.3) is 21.9 Å². The molecule has 1 N–H and O–H groups in total. The van der Waals surface area contributed by atoms with Gasteiger partial charge in [-0.15, -0.1) is 0 Å². The maximum atomic E-state index is 13.4. The third-order valence-corrected chi connectivity index (χ3v) is 9.56. The number of aromatic amines is 1. The van der Waals surface area contributed by atoms with E-state index in [0.29, 0.717) is 37.8 Å². The molecular formula is C27H31ClN6O3S. The Morgan fingerprint density at radius 1 is 1.03 bits per heavy atom. The van der Waals surface area contributed by atoms with Crippen molar-refractivity contribution < 1.29 is 13.2 Å². The summed E-state index contributed by atoms with van der Waals surface area (Å²) in [4.78, 5) is 16.5. The lowest BCUT2D eigenvalue weighted by Crippen LogP contribution is -2.51. The maximum absolute atomic E-state index is 13.4. The van der Waals surface area contributed by atoms with Gasteiger partial charge < -0.3 is 14.6 Å². The monoisotopic (exact) mass is 554 g/mol. The van der Waals surface area contributed by atoms with E-state index in [0.717, 1.165) is 59.3 Å². The lowest BCUT2D eigenvalue weighted by atomic mass is 10.0. The number of fused-ring (bicyclic) bond motifs is 3. The number of rotatable bonds is 7. The number of benzene rings is 1. The van der Waals surface area contributed by atoms with Crippen molar-refractivity contribution in [1.82, 2.24) is 24.2 Å². The summed E-state index contributed by atoms with van der Waals surface area (Å²) in [7, 11) is -3.40. The van der Waals surface area contributed by atoms with Gasteiger partial charge in [0, 0.05) is 79.1 Å². The first-order valence-electron chi connectivity index (χ1n) is 13.0. The van der Waals surface area contributed by atoms with Gasteiger partial charge in [-0.2, -0.15) is 0 Å². The molecule has 2 aliphatic rings. The van der Waals surface area contributed by atoms with Gasteiger partial charge in [-0.05, 0) is 49.2 Å². The van der Waals surface area contributed by atoms with Crippen LogP contribution >= 0.6 is 11.6 Å². The minimum absolute atomic E-state index is 0.0514. The Morgan fingerprint density at radius 3 is 2.66 bits per heavy atom. The molecule has 9 nitrogen and oxygen atoms in total. The largest absolute Gasteiger partial charge is 0.493 e. The predicted octanol–water partition coefficient (Wildman–Crippen LogP) is 3.96. The normalized spacial score (nSPS) is 19.8. The number of anilines is 1. The Kier molecular flexibility index (Phi) is 7.13. The van der Waals surface area contributed by atoms with Crippen molar-refractivity contribution in [2.75, 3.05) is 56.7 Å². The molecule has 200 valence electrons. The van der Waals surface area contributed by atoms with Crippen molar-refractivity contribution in [3.63, 3.8) is 0 Å². The van der Waals surface area contributed by atoms with Crippen molar-refractivity contribution in [2.24, 2.45) is 5.92 Å². The highest BCUT2D eigenvalue weighted by Crippen LogP contribution is 2.32. The molecule has 2 aliphatic heterocycles. The summed E-state index contributed by atoms with van der Waals surface area (Å²) < 4.78 is 34.3. The molecule has 0 radical (unpaired) electrons. The second kappa shape index (κ2) is 10.7. The van der Waals surface area contributed by atoms with Crippen LogP contribution in [0.2, 0.25) is 5.02 Å². The number of piperazine rings is 1. The number of aromatic nitrogens is 3. The molecule has 0 bridgehead atoms. The van der Waals surface area contributed by atoms with Crippen LogP contribution in [0.4, 0.5) is 5.69 Å². The lowest BCUT2D eigenvalue weighted by molar-refractivity contribution is 0.178. The summed E-state index contributed by atoms with van der Waals surface area (Å²) in [5, 5.41) is 2.80. The fraction of sp³-hybridized carbons (Fsp3) is 0.407. The number of nitrogens with one attached hydrogen (secondary N) is 1. The van der Waals surface area contributed by atoms with Gasteiger partial charge in [-0.1, -0.05) is 11.6 Å². The van der Waals surface area contributed by atoms with Gasteiger partial charge in [0.05, 0.1) is 18.3 Å². The topological polar surface area (TPSA) is 94.7 Å². The number of nitrogens with zero attached hydrogens (tertiary/aromatic N) is 5. The molecular weight excluding hydrogens is 524 g/mol. The van der Waals surface area contributed by atoms with Gasteiger partial charge in [0.2, 0.25) is 10.0 Å². The molecule has 38 heavy (non-hydrogen) atoms. The van der Waals surface area contributed by atoms with Crippen LogP contribution in [0.5, 0.6) is 5.75 Å². The number of hydrogen-bond acceptors (Lipinski definition) is 7. The van der Waals surface area contributed by atoms with E-state index in [1.807, 2.05) is 30.6 Å². The van der Waals surface area contributed by atoms with Crippen LogP contribution in [-0.2, 0) is 10.0 Å². The van der Waals surface area contributed by atoms with E-state index >= 15 is 0 Å². The van der Waals surface area contributed by atoms with E-state index in [-0.39, 0.29) is 11.8 Å². The first-order chi connectivity index (χ1) is 18.5. The number of H-pyrrole nitrogens is 1. The molecule has 1 unspecified atom stereocenters. The summed E-state index contributed by atoms with van der Waals surface area (Å²) in [5.74, 6) is 0.977. The Bertz CT molecular complexity index is 1520. The highest BCUT2D eigenvalue weighted by atomic mass is 35.5. The minimum Gasteiger partial charge on any atom is -0.493 e. The van der Waals surface area contributed by atoms with E-state index < -0.39 is 10.0 Å². The number of halogens is 1. The number of ether oxygens (including phenoxy) is 1. The smallest absolute Gasteiger partial charge is 0.227 e. The summed E-state index contributed by atoms with van der Waals surface area (Å²) in [6.07, 6.45) is 7.35. The summed E-state index contributed by atoms with van der Waals surface area (Å²) >= 11 is 5.95. The molecule has 2 saturated heterocycles. The third-order valence-electron chi connectivity index (χ3n) is 7.50. The van der Waals surface area contributed by atoms with Gasteiger partial charge in [0.1, 0.15) is 11.6 Å². The zero-order valence-electron chi connectivity index (χ0n) is 21.1. The highest BCUT2D eigenvalue weighted by molar-refractivity contribution is 7.89. The Hall–Kier alpha value is -2.92. The molecule has 6 rings (SSSR count). The van der Waals surface area contributed by atoms with Crippen molar-refractivity contribution in [2.45, 2.75) is 12.8 Å². The van der Waals surface area contributed by atoms with Crippen LogP contribution in [0, 0.1) is 5.92 Å². The van der Waals surface area contributed by atoms with Crippen LogP contribution in [0.1, 0.15) is 12.8 Å². The van der Waals surface area contributed by atoms with E-state index in [9.17, 15) is 8.42 Å². The molecule has 5 heterocycles. The Balaban J connectivity index is 1.07. The first-order valence-corrected chi connectivity index (χ1v) is 15.0. The van der Waals surface area contributed by atoms with Crippen LogP contribution < -0.4 is 9.64 Å². The van der Waals surface area contributed by atoms with Gasteiger partial charge in [0.15, 0.2) is 5.65 Å². The molecule has 0 aliphatic carbocycles. The quantitative estimate of drug-likeness (QED) is 0.369. The van der Waals surface area contributed by atoms with Crippen molar-refractivity contribution in [3.8, 4) is 5.75 Å². The molecule has 0 spiro atoms. The van der Waals surface area contributed by atoms with Gasteiger partial charge in [-0.3, -0.25) is 4.90 Å². The van der Waals surface area contributed by atoms with E-state index in [4.69, 9.17) is 16.3 Å². The first kappa shape index (κ1) is 25.4. The summed E-state index contributed by atoms with van der Waals surface area (Å²) in [6.45, 7) is 4.45. The van der Waals surface area contributed by atoms with Crippen LogP contribution in [0.3, 0.4) is 0 Å². The standard InChI is InChI=1S/C27H31ClN6O3S/c28-21-3-5-22(6-4-21)37-18-20-2-1-11-34(17-20)38(35,36)19-32-12-14-33(15-13-32)25-8-10-29-24-16-31-27-23(26(24)25)7-9-30-27/h3-10,16,20,29H,1-2,11-15,17-19H2. The second-order valence-electron chi connectivity index (χ2n) is 10.1. The number of piperidine rings is 1. The zero-order valence-corrected chi connectivity index (χ0v) is 22.7. The van der Waals surface area contributed by atoms with Crippen LogP contribution in [-0.4, -0.2) is 84.3 Å². The van der Waals surface area contributed by atoms with Crippen LogP contribution in [0.15, 0.2) is 55.0 Å². The minimum atomic E-state index is -3.40. The molecule has 0 amide bonds. The van der Waals surface area contributed by atoms with Crippen molar-refractivity contribution in [1.29, 1.82) is 0 Å². The second-order valence-corrected chi connectivity index (χ2v) is 12.4. The average Bonchev–Trinajstić information content (AvgIpc) is 3.42. The number of pyridine rings is 2. The predicted molar refractivity (Wildman–Crippen MR) is 150 cm³/mol. The van der Waals surface area contributed by atoms with Gasteiger partial charge in [-0.25, -0.2) is 22.7 Å². The zero-order chi connectivity index (χ0) is 26.1. The van der Waals surface area contributed by atoms with Gasteiger partial charge in [0.25, 0.3) is 0 Å². The van der Waals surface area contributed by atoms with Gasteiger partial charge >= 0.3 is 0 Å². The van der Waals surface area contributed by atoms with E-state index in [2.05, 4.69) is 30.8 Å². The third kappa shape index (κ3) is 5.31. The average molecular weight is 555 g/mol. The molecule has 2 fully saturated rings. The SMILES string of the molecule is O=S(=O)(CN1CCN(c2cc[nH]c3cnc4nccc4c23)CC1)N1CCCC(COc2ccc(Cl)cc2)C1. The maximum Gasteiger partial charge on any atom is 0.227 e. The van der Waals surface area contributed by atoms with Crippen molar-refractivity contribution >= 4 is 49.2 Å². The molecule has 0 saturated carbocycles. The Morgan fingerprint density at radius 2 is 1.84 bits per heavy atom. The van der Waals surface area contributed by atoms with E-state index in [1.165, 1.54) is 0 Å². The number of sulfonamides is 1. The lowest BCUT2D eigenvalue weighted by Gasteiger charge is -2.38. The molecule has 1 aromatic carbocycles. The molecule has 4 aromatic rings. The summed E-state index contributed by atoms with van der Waals surface area (Å²) in [5.41, 5.74) is 2.83. The highest BCUT2D eigenvalue weighted by Gasteiger charge is 2.32.